The molecule has 0 bridgehead atoms. The van der Waals surface area contributed by atoms with Gasteiger partial charge in [0, 0.05) is 25.9 Å². The number of carbonyl (C=O) groups is 2. The quantitative estimate of drug-likeness (QED) is 0.760. The van der Waals surface area contributed by atoms with E-state index >= 15 is 0 Å². The fourth-order valence-electron chi connectivity index (χ4n) is 4.30. The molecule has 0 aliphatic carbocycles. The standard InChI is InChI=1S/C25H29NO4/c1-16-6-5-7-22(19(16)4)29-15-24(28)26-10-8-25(9-11-26)14-21(27)20-12-17(2)18(3)13-23(20)30-25/h5-7,12-13H,8-11,14-15H2,1-4H3. The molecule has 1 amide bonds. The number of amides is 1. The summed E-state index contributed by atoms with van der Waals surface area (Å²) in [6.45, 7) is 9.24. The summed E-state index contributed by atoms with van der Waals surface area (Å²) in [6.07, 6.45) is 1.68. The van der Waals surface area contributed by atoms with E-state index in [0.717, 1.165) is 28.0 Å². The van der Waals surface area contributed by atoms with Gasteiger partial charge in [-0.15, -0.1) is 0 Å². The largest absolute Gasteiger partial charge is 0.486 e. The van der Waals surface area contributed by atoms with Crippen molar-refractivity contribution in [2.45, 2.75) is 52.6 Å². The fourth-order valence-corrected chi connectivity index (χ4v) is 4.30. The van der Waals surface area contributed by atoms with Crippen LogP contribution in [0.2, 0.25) is 0 Å². The van der Waals surface area contributed by atoms with Gasteiger partial charge < -0.3 is 14.4 Å². The van der Waals surface area contributed by atoms with E-state index in [1.54, 1.807) is 0 Å². The summed E-state index contributed by atoms with van der Waals surface area (Å²) in [7, 11) is 0. The Hall–Kier alpha value is -2.82. The zero-order chi connectivity index (χ0) is 21.5. The lowest BCUT2D eigenvalue weighted by molar-refractivity contribution is -0.136. The summed E-state index contributed by atoms with van der Waals surface area (Å²) in [5, 5.41) is 0. The zero-order valence-electron chi connectivity index (χ0n) is 18.2. The summed E-state index contributed by atoms with van der Waals surface area (Å²) in [5.41, 5.74) is 4.60. The van der Waals surface area contributed by atoms with Crippen molar-refractivity contribution in [1.29, 1.82) is 0 Å². The van der Waals surface area contributed by atoms with E-state index < -0.39 is 5.60 Å². The lowest BCUT2D eigenvalue weighted by Gasteiger charge is -2.44. The number of rotatable bonds is 3. The van der Waals surface area contributed by atoms with E-state index in [-0.39, 0.29) is 18.3 Å². The van der Waals surface area contributed by atoms with Crippen LogP contribution in [0.15, 0.2) is 30.3 Å². The first-order valence-electron chi connectivity index (χ1n) is 10.6. The maximum absolute atomic E-state index is 12.8. The number of benzene rings is 2. The zero-order valence-corrected chi connectivity index (χ0v) is 18.2. The van der Waals surface area contributed by atoms with Gasteiger partial charge in [0.1, 0.15) is 17.1 Å². The van der Waals surface area contributed by atoms with Crippen LogP contribution in [0.4, 0.5) is 0 Å². The smallest absolute Gasteiger partial charge is 0.260 e. The second-order valence-electron chi connectivity index (χ2n) is 8.69. The number of likely N-dealkylation sites (tertiary alicyclic amines) is 1. The summed E-state index contributed by atoms with van der Waals surface area (Å²) in [6, 6.07) is 9.76. The summed E-state index contributed by atoms with van der Waals surface area (Å²) in [4.78, 5) is 27.3. The molecular formula is C25H29NO4. The van der Waals surface area contributed by atoms with E-state index in [1.165, 1.54) is 0 Å². The van der Waals surface area contributed by atoms with Gasteiger partial charge in [-0.25, -0.2) is 0 Å². The Morgan fingerprint density at radius 1 is 1.07 bits per heavy atom. The van der Waals surface area contributed by atoms with Crippen LogP contribution in [0.25, 0.3) is 0 Å². The van der Waals surface area contributed by atoms with Crippen molar-refractivity contribution in [3.63, 3.8) is 0 Å². The number of ketones is 1. The normalized spacial score (nSPS) is 17.5. The van der Waals surface area contributed by atoms with Gasteiger partial charge in [0.2, 0.25) is 0 Å². The second-order valence-corrected chi connectivity index (χ2v) is 8.69. The molecule has 0 aromatic heterocycles. The molecule has 5 heteroatoms. The van der Waals surface area contributed by atoms with Crippen LogP contribution in [-0.2, 0) is 4.79 Å². The summed E-state index contributed by atoms with van der Waals surface area (Å²) >= 11 is 0. The molecule has 2 aliphatic rings. The molecule has 5 nitrogen and oxygen atoms in total. The van der Waals surface area contributed by atoms with Crippen LogP contribution >= 0.6 is 0 Å². The van der Waals surface area contributed by atoms with Crippen LogP contribution < -0.4 is 9.47 Å². The van der Waals surface area contributed by atoms with E-state index in [1.807, 2.05) is 62.9 Å². The molecule has 2 aliphatic heterocycles. The number of carbonyl (C=O) groups excluding carboxylic acids is 2. The molecule has 2 heterocycles. The highest BCUT2D eigenvalue weighted by molar-refractivity contribution is 6.00. The van der Waals surface area contributed by atoms with Crippen molar-refractivity contribution in [2.75, 3.05) is 19.7 Å². The Balaban J connectivity index is 1.38. The number of hydrogen-bond acceptors (Lipinski definition) is 4. The lowest BCUT2D eigenvalue weighted by Crippen LogP contribution is -2.53. The second kappa shape index (κ2) is 7.78. The maximum Gasteiger partial charge on any atom is 0.260 e. The van der Waals surface area contributed by atoms with Gasteiger partial charge in [-0.2, -0.15) is 0 Å². The monoisotopic (exact) mass is 407 g/mol. The average Bonchev–Trinajstić information content (AvgIpc) is 2.71. The molecule has 2 aromatic carbocycles. The average molecular weight is 408 g/mol. The van der Waals surface area contributed by atoms with Crippen molar-refractivity contribution in [2.24, 2.45) is 0 Å². The van der Waals surface area contributed by atoms with Gasteiger partial charge in [-0.1, -0.05) is 12.1 Å². The molecule has 1 spiro atoms. The molecular weight excluding hydrogens is 378 g/mol. The van der Waals surface area contributed by atoms with Gasteiger partial charge in [0.05, 0.1) is 12.0 Å². The first-order valence-corrected chi connectivity index (χ1v) is 10.6. The van der Waals surface area contributed by atoms with Gasteiger partial charge >= 0.3 is 0 Å². The number of aryl methyl sites for hydroxylation is 3. The highest BCUT2D eigenvalue weighted by Gasteiger charge is 2.43. The van der Waals surface area contributed by atoms with Crippen molar-refractivity contribution in [1.82, 2.24) is 4.90 Å². The molecule has 0 unspecified atom stereocenters. The third-order valence-electron chi connectivity index (χ3n) is 6.64. The Morgan fingerprint density at radius 3 is 2.50 bits per heavy atom. The number of piperidine rings is 1. The molecule has 2 aromatic rings. The highest BCUT2D eigenvalue weighted by atomic mass is 16.5. The molecule has 158 valence electrons. The lowest BCUT2D eigenvalue weighted by atomic mass is 9.82. The van der Waals surface area contributed by atoms with Crippen LogP contribution in [0.3, 0.4) is 0 Å². The van der Waals surface area contributed by atoms with Crippen molar-refractivity contribution in [3.8, 4) is 11.5 Å². The van der Waals surface area contributed by atoms with Crippen molar-refractivity contribution in [3.05, 3.63) is 58.1 Å². The van der Waals surface area contributed by atoms with Crippen LogP contribution in [0.5, 0.6) is 11.5 Å². The first kappa shape index (κ1) is 20.5. The number of nitrogens with zero attached hydrogens (tertiary/aromatic N) is 1. The number of fused-ring (bicyclic) bond motifs is 1. The van der Waals surface area contributed by atoms with Gasteiger partial charge in [0.15, 0.2) is 12.4 Å². The van der Waals surface area contributed by atoms with Gasteiger partial charge in [-0.3, -0.25) is 9.59 Å². The maximum atomic E-state index is 12.8. The SMILES string of the molecule is Cc1cc2c(cc1C)C(=O)CC1(CCN(C(=O)COc3cccc(C)c3C)CC1)O2. The topological polar surface area (TPSA) is 55.8 Å². The van der Waals surface area contributed by atoms with E-state index in [9.17, 15) is 9.59 Å². The third kappa shape index (κ3) is 3.81. The number of hydrogen-bond donors (Lipinski definition) is 0. The number of ether oxygens (including phenoxy) is 2. The number of Topliss-reactive ketones (excluding diaryl/α,β-unsaturated/α-hetero) is 1. The summed E-state index contributed by atoms with van der Waals surface area (Å²) < 4.78 is 12.1. The summed E-state index contributed by atoms with van der Waals surface area (Å²) in [5.74, 6) is 1.55. The predicted molar refractivity (Wildman–Crippen MR) is 115 cm³/mol. The van der Waals surface area contributed by atoms with Crippen LogP contribution in [0.1, 0.15) is 51.9 Å². The predicted octanol–water partition coefficient (Wildman–Crippen LogP) is 4.33. The van der Waals surface area contributed by atoms with E-state index in [2.05, 4.69) is 0 Å². The minimum Gasteiger partial charge on any atom is -0.486 e. The van der Waals surface area contributed by atoms with E-state index in [4.69, 9.17) is 9.47 Å². The Labute approximate surface area is 178 Å². The van der Waals surface area contributed by atoms with Crippen molar-refractivity contribution < 1.29 is 19.1 Å². The Morgan fingerprint density at radius 2 is 1.77 bits per heavy atom. The minimum absolute atomic E-state index is 0.0262. The fraction of sp³-hybridized carbons (Fsp3) is 0.440. The molecule has 4 rings (SSSR count). The van der Waals surface area contributed by atoms with Crippen LogP contribution in [0, 0.1) is 27.7 Å². The first-order chi connectivity index (χ1) is 14.3. The third-order valence-corrected chi connectivity index (χ3v) is 6.64. The molecule has 0 N–H and O–H groups in total. The molecule has 0 atom stereocenters. The van der Waals surface area contributed by atoms with Gasteiger partial charge in [-0.05, 0) is 68.1 Å². The van der Waals surface area contributed by atoms with Crippen molar-refractivity contribution >= 4 is 11.7 Å². The molecule has 30 heavy (non-hydrogen) atoms. The van der Waals surface area contributed by atoms with Crippen LogP contribution in [-0.4, -0.2) is 41.9 Å². The minimum atomic E-state index is -0.503. The Kier molecular flexibility index (Phi) is 5.31. The molecule has 0 radical (unpaired) electrons. The molecule has 1 fully saturated rings. The molecule has 1 saturated heterocycles. The highest BCUT2D eigenvalue weighted by Crippen LogP contribution is 2.40. The van der Waals surface area contributed by atoms with Gasteiger partial charge in [0.25, 0.3) is 5.91 Å². The molecule has 0 saturated carbocycles. The van der Waals surface area contributed by atoms with E-state index in [0.29, 0.717) is 43.7 Å². The Bertz CT molecular complexity index is 1000.